The Morgan fingerprint density at radius 1 is 1.29 bits per heavy atom. The number of hydrogen-bond donors (Lipinski definition) is 1. The molecule has 0 aromatic heterocycles. The molecule has 2 bridgehead atoms. The lowest BCUT2D eigenvalue weighted by Gasteiger charge is -2.45. The van der Waals surface area contributed by atoms with E-state index in [0.29, 0.717) is 30.4 Å². The Morgan fingerprint density at radius 3 is 2.67 bits per heavy atom. The van der Waals surface area contributed by atoms with E-state index >= 15 is 0 Å². The third-order valence-electron chi connectivity index (χ3n) is 5.82. The summed E-state index contributed by atoms with van der Waals surface area (Å²) < 4.78 is 5.76. The van der Waals surface area contributed by atoms with E-state index in [0.717, 1.165) is 38.8 Å². The van der Waals surface area contributed by atoms with E-state index in [1.54, 1.807) is 0 Å². The molecule has 3 atom stereocenters. The number of carbonyl (C=O) groups excluding carboxylic acids is 1. The summed E-state index contributed by atoms with van der Waals surface area (Å²) >= 11 is 0. The zero-order valence-electron chi connectivity index (χ0n) is 13.3. The molecular weight excluding hydrogens is 264 g/mol. The Morgan fingerprint density at radius 2 is 2.00 bits per heavy atom. The van der Waals surface area contributed by atoms with Crippen LogP contribution in [0.25, 0.3) is 0 Å². The third kappa shape index (κ3) is 3.26. The standard InChI is InChI=1S/C17H30N2O2/c1-2-4-15-11-19(7-8-21-15)17(20)14-9-12-5-3-6-13(10-14)16(12)18/h12-16H,2-11,18H2,1H3. The van der Waals surface area contributed by atoms with E-state index in [1.165, 1.54) is 19.3 Å². The fourth-order valence-corrected chi connectivity index (χ4v) is 4.67. The topological polar surface area (TPSA) is 55.6 Å². The van der Waals surface area contributed by atoms with E-state index in [-0.39, 0.29) is 12.0 Å². The minimum Gasteiger partial charge on any atom is -0.375 e. The van der Waals surface area contributed by atoms with Gasteiger partial charge in [0.15, 0.2) is 0 Å². The van der Waals surface area contributed by atoms with E-state index in [9.17, 15) is 4.79 Å². The van der Waals surface area contributed by atoms with Crippen molar-refractivity contribution >= 4 is 5.91 Å². The molecule has 1 saturated heterocycles. The summed E-state index contributed by atoms with van der Waals surface area (Å²) in [4.78, 5) is 14.9. The van der Waals surface area contributed by atoms with Gasteiger partial charge in [-0.05, 0) is 43.9 Å². The maximum Gasteiger partial charge on any atom is 0.225 e. The smallest absolute Gasteiger partial charge is 0.225 e. The van der Waals surface area contributed by atoms with Crippen LogP contribution < -0.4 is 5.73 Å². The number of morpholine rings is 1. The van der Waals surface area contributed by atoms with E-state index < -0.39 is 0 Å². The van der Waals surface area contributed by atoms with Gasteiger partial charge in [0.05, 0.1) is 12.7 Å². The van der Waals surface area contributed by atoms with Crippen LogP contribution in [0.1, 0.15) is 51.9 Å². The Bertz CT molecular complexity index is 358. The molecule has 0 spiro atoms. The van der Waals surface area contributed by atoms with Gasteiger partial charge in [0.1, 0.15) is 0 Å². The van der Waals surface area contributed by atoms with Crippen molar-refractivity contribution in [2.45, 2.75) is 64.0 Å². The third-order valence-corrected chi connectivity index (χ3v) is 5.82. The number of fused-ring (bicyclic) bond motifs is 2. The molecule has 21 heavy (non-hydrogen) atoms. The van der Waals surface area contributed by atoms with Crippen molar-refractivity contribution in [2.75, 3.05) is 19.7 Å². The van der Waals surface area contributed by atoms with Gasteiger partial charge in [-0.25, -0.2) is 0 Å². The molecule has 3 unspecified atom stereocenters. The van der Waals surface area contributed by atoms with Gasteiger partial charge in [0.2, 0.25) is 5.91 Å². The molecule has 1 amide bonds. The molecule has 120 valence electrons. The van der Waals surface area contributed by atoms with Crippen LogP contribution in [0, 0.1) is 17.8 Å². The van der Waals surface area contributed by atoms with Crippen molar-refractivity contribution in [2.24, 2.45) is 23.5 Å². The number of nitrogens with zero attached hydrogens (tertiary/aromatic N) is 1. The highest BCUT2D eigenvalue weighted by Crippen LogP contribution is 2.42. The van der Waals surface area contributed by atoms with Crippen LogP contribution in [0.15, 0.2) is 0 Å². The van der Waals surface area contributed by atoms with Gasteiger partial charge in [-0.2, -0.15) is 0 Å². The SMILES string of the molecule is CCCC1CN(C(=O)C2CC3CCCC(C2)C3N)CCO1. The number of hydrogen-bond acceptors (Lipinski definition) is 3. The zero-order chi connectivity index (χ0) is 14.8. The lowest BCUT2D eigenvalue weighted by molar-refractivity contribution is -0.146. The van der Waals surface area contributed by atoms with Crippen LogP contribution >= 0.6 is 0 Å². The maximum atomic E-state index is 12.9. The molecule has 0 aromatic carbocycles. The molecule has 3 aliphatic rings. The second-order valence-electron chi connectivity index (χ2n) is 7.26. The van der Waals surface area contributed by atoms with Crippen molar-refractivity contribution in [3.8, 4) is 0 Å². The second kappa shape index (κ2) is 6.66. The number of rotatable bonds is 3. The van der Waals surface area contributed by atoms with Crippen molar-refractivity contribution in [1.82, 2.24) is 4.90 Å². The summed E-state index contributed by atoms with van der Waals surface area (Å²) in [6, 6.07) is 0.348. The highest BCUT2D eigenvalue weighted by atomic mass is 16.5. The summed E-state index contributed by atoms with van der Waals surface area (Å²) in [6.45, 7) is 4.45. The molecule has 2 N–H and O–H groups in total. The second-order valence-corrected chi connectivity index (χ2v) is 7.26. The normalized spacial score (nSPS) is 40.1. The Labute approximate surface area is 128 Å². The van der Waals surface area contributed by atoms with Crippen molar-refractivity contribution in [3.63, 3.8) is 0 Å². The first-order valence-electron chi connectivity index (χ1n) is 8.85. The van der Waals surface area contributed by atoms with Gasteiger partial charge in [-0.3, -0.25) is 4.79 Å². The molecule has 3 rings (SSSR count). The molecule has 1 heterocycles. The summed E-state index contributed by atoms with van der Waals surface area (Å²) in [6.07, 6.45) is 8.22. The van der Waals surface area contributed by atoms with Crippen LogP contribution in [0.3, 0.4) is 0 Å². The highest BCUT2D eigenvalue weighted by molar-refractivity contribution is 5.79. The first-order chi connectivity index (χ1) is 10.2. The zero-order valence-corrected chi connectivity index (χ0v) is 13.3. The predicted molar refractivity (Wildman–Crippen MR) is 82.8 cm³/mol. The lowest BCUT2D eigenvalue weighted by Crippen LogP contribution is -2.52. The number of carbonyl (C=O) groups is 1. The number of amides is 1. The Kier molecular flexibility index (Phi) is 4.85. The fraction of sp³-hybridized carbons (Fsp3) is 0.941. The minimum absolute atomic E-state index is 0.223. The molecule has 4 heteroatoms. The summed E-state index contributed by atoms with van der Waals surface area (Å²) in [7, 11) is 0. The molecule has 3 fully saturated rings. The predicted octanol–water partition coefficient (Wildman–Crippen LogP) is 2.17. The lowest BCUT2D eigenvalue weighted by atomic mass is 9.65. The molecular formula is C17H30N2O2. The van der Waals surface area contributed by atoms with Gasteiger partial charge in [0.25, 0.3) is 0 Å². The van der Waals surface area contributed by atoms with Gasteiger partial charge in [-0.15, -0.1) is 0 Å². The average molecular weight is 294 g/mol. The van der Waals surface area contributed by atoms with Crippen LogP contribution in [0.4, 0.5) is 0 Å². The van der Waals surface area contributed by atoms with Gasteiger partial charge >= 0.3 is 0 Å². The molecule has 2 aliphatic carbocycles. The van der Waals surface area contributed by atoms with Gasteiger partial charge in [-0.1, -0.05) is 19.8 Å². The molecule has 4 nitrogen and oxygen atoms in total. The quantitative estimate of drug-likeness (QED) is 0.868. The Hall–Kier alpha value is -0.610. The molecule has 2 saturated carbocycles. The van der Waals surface area contributed by atoms with Crippen molar-refractivity contribution in [3.05, 3.63) is 0 Å². The molecule has 1 aliphatic heterocycles. The fourth-order valence-electron chi connectivity index (χ4n) is 4.67. The monoisotopic (exact) mass is 294 g/mol. The van der Waals surface area contributed by atoms with Crippen LogP contribution in [0.2, 0.25) is 0 Å². The summed E-state index contributed by atoms with van der Waals surface area (Å²) in [5.74, 6) is 1.77. The first kappa shape index (κ1) is 15.3. The average Bonchev–Trinajstić information content (AvgIpc) is 2.47. The summed E-state index contributed by atoms with van der Waals surface area (Å²) in [5, 5.41) is 0. The van der Waals surface area contributed by atoms with Gasteiger partial charge < -0.3 is 15.4 Å². The van der Waals surface area contributed by atoms with E-state index in [1.807, 2.05) is 0 Å². The Balaban J connectivity index is 1.60. The van der Waals surface area contributed by atoms with E-state index in [4.69, 9.17) is 10.5 Å². The highest BCUT2D eigenvalue weighted by Gasteiger charge is 2.42. The van der Waals surface area contributed by atoms with Crippen LogP contribution in [0.5, 0.6) is 0 Å². The molecule has 0 aromatic rings. The van der Waals surface area contributed by atoms with Crippen LogP contribution in [-0.2, 0) is 9.53 Å². The van der Waals surface area contributed by atoms with E-state index in [2.05, 4.69) is 11.8 Å². The maximum absolute atomic E-state index is 12.9. The van der Waals surface area contributed by atoms with Crippen molar-refractivity contribution in [1.29, 1.82) is 0 Å². The first-order valence-corrected chi connectivity index (χ1v) is 8.85. The van der Waals surface area contributed by atoms with Crippen LogP contribution in [-0.4, -0.2) is 42.6 Å². The molecule has 0 radical (unpaired) electrons. The largest absolute Gasteiger partial charge is 0.375 e. The minimum atomic E-state index is 0.223. The number of nitrogens with two attached hydrogens (primary N) is 1. The number of ether oxygens (including phenoxy) is 1. The van der Waals surface area contributed by atoms with Crippen molar-refractivity contribution < 1.29 is 9.53 Å². The summed E-state index contributed by atoms with van der Waals surface area (Å²) in [5.41, 5.74) is 6.34. The van der Waals surface area contributed by atoms with Gasteiger partial charge in [0, 0.05) is 25.0 Å².